The monoisotopic (exact) mass is 393 g/mol. The number of thioether (sulfide) groups is 1. The molecule has 0 spiro atoms. The SMILES string of the molecule is C=CCn1c(SC(C)C(=O)Nc2cc(C)ccc2C)nnc1-c1ccncc1. The molecule has 3 rings (SSSR count). The Bertz CT molecular complexity index is 984. The van der Waals surface area contributed by atoms with Crippen molar-refractivity contribution in [2.24, 2.45) is 0 Å². The summed E-state index contributed by atoms with van der Waals surface area (Å²) in [5.74, 6) is 0.657. The van der Waals surface area contributed by atoms with Crippen molar-refractivity contribution in [3.63, 3.8) is 0 Å². The van der Waals surface area contributed by atoms with Gasteiger partial charge in [-0.15, -0.1) is 16.8 Å². The Labute approximate surface area is 169 Å². The van der Waals surface area contributed by atoms with Crippen molar-refractivity contribution < 1.29 is 4.79 Å². The van der Waals surface area contributed by atoms with Crippen molar-refractivity contribution in [3.05, 3.63) is 66.5 Å². The van der Waals surface area contributed by atoms with Crippen LogP contribution in [0.5, 0.6) is 0 Å². The van der Waals surface area contributed by atoms with E-state index < -0.39 is 0 Å². The quantitative estimate of drug-likeness (QED) is 0.480. The number of nitrogens with one attached hydrogen (secondary N) is 1. The first-order valence-electron chi connectivity index (χ1n) is 8.99. The minimum atomic E-state index is -0.335. The van der Waals surface area contributed by atoms with Crippen LogP contribution in [0.4, 0.5) is 5.69 Å². The van der Waals surface area contributed by atoms with Crippen LogP contribution in [-0.2, 0) is 11.3 Å². The van der Waals surface area contributed by atoms with E-state index in [-0.39, 0.29) is 11.2 Å². The van der Waals surface area contributed by atoms with Crippen LogP contribution in [0.15, 0.2) is 60.5 Å². The van der Waals surface area contributed by atoms with Gasteiger partial charge in [0.05, 0.1) is 5.25 Å². The molecule has 0 radical (unpaired) electrons. The summed E-state index contributed by atoms with van der Waals surface area (Å²) in [7, 11) is 0. The Hall–Kier alpha value is -2.93. The summed E-state index contributed by atoms with van der Waals surface area (Å²) in [6, 6.07) is 9.78. The smallest absolute Gasteiger partial charge is 0.237 e. The van der Waals surface area contributed by atoms with Gasteiger partial charge in [0.15, 0.2) is 11.0 Å². The number of carbonyl (C=O) groups is 1. The molecule has 1 atom stereocenters. The average Bonchev–Trinajstić information content (AvgIpc) is 3.08. The predicted octanol–water partition coefficient (Wildman–Crippen LogP) is 4.26. The number of hydrogen-bond donors (Lipinski definition) is 1. The maximum Gasteiger partial charge on any atom is 0.237 e. The highest BCUT2D eigenvalue weighted by Crippen LogP contribution is 2.27. The fourth-order valence-electron chi connectivity index (χ4n) is 2.70. The molecule has 3 aromatic rings. The Kier molecular flexibility index (Phi) is 6.26. The lowest BCUT2D eigenvalue weighted by Crippen LogP contribution is -2.23. The summed E-state index contributed by atoms with van der Waals surface area (Å²) >= 11 is 1.38. The molecule has 1 amide bonds. The number of pyridine rings is 1. The molecule has 28 heavy (non-hydrogen) atoms. The lowest BCUT2D eigenvalue weighted by atomic mass is 10.1. The second-order valence-corrected chi connectivity index (χ2v) is 7.82. The number of allylic oxidation sites excluding steroid dienone is 1. The predicted molar refractivity (Wildman–Crippen MR) is 113 cm³/mol. The second-order valence-electron chi connectivity index (χ2n) is 6.51. The van der Waals surface area contributed by atoms with Crippen LogP contribution in [0.2, 0.25) is 0 Å². The normalized spacial score (nSPS) is 11.8. The molecular weight excluding hydrogens is 370 g/mol. The Morgan fingerprint density at radius 1 is 1.25 bits per heavy atom. The molecule has 1 unspecified atom stereocenters. The van der Waals surface area contributed by atoms with Gasteiger partial charge < -0.3 is 5.32 Å². The summed E-state index contributed by atoms with van der Waals surface area (Å²) in [6.07, 6.45) is 5.23. The molecule has 0 aliphatic rings. The highest BCUT2D eigenvalue weighted by atomic mass is 32.2. The maximum atomic E-state index is 12.7. The molecule has 2 aromatic heterocycles. The summed E-state index contributed by atoms with van der Waals surface area (Å²) in [5, 5.41) is 12.0. The fraction of sp³-hybridized carbons (Fsp3) is 0.238. The molecule has 2 heterocycles. The number of carbonyl (C=O) groups excluding carboxylic acids is 1. The summed E-state index contributed by atoms with van der Waals surface area (Å²) in [5.41, 5.74) is 3.89. The molecule has 0 saturated heterocycles. The number of anilines is 1. The highest BCUT2D eigenvalue weighted by Gasteiger charge is 2.21. The van der Waals surface area contributed by atoms with Crippen molar-refractivity contribution in [1.82, 2.24) is 19.7 Å². The van der Waals surface area contributed by atoms with Gasteiger partial charge in [-0.05, 0) is 50.1 Å². The molecule has 1 N–H and O–H groups in total. The van der Waals surface area contributed by atoms with Gasteiger partial charge >= 0.3 is 0 Å². The number of aryl methyl sites for hydroxylation is 2. The fourth-order valence-corrected chi connectivity index (χ4v) is 3.56. The zero-order valence-corrected chi connectivity index (χ0v) is 17.0. The first kappa shape index (κ1) is 19.8. The van der Waals surface area contributed by atoms with E-state index in [1.807, 2.05) is 55.7 Å². The van der Waals surface area contributed by atoms with Crippen LogP contribution in [0.3, 0.4) is 0 Å². The average molecular weight is 394 g/mol. The van der Waals surface area contributed by atoms with Crippen molar-refractivity contribution in [2.45, 2.75) is 37.7 Å². The number of rotatable bonds is 7. The molecule has 6 nitrogen and oxygen atoms in total. The van der Waals surface area contributed by atoms with E-state index in [1.165, 1.54) is 11.8 Å². The lowest BCUT2D eigenvalue weighted by molar-refractivity contribution is -0.115. The maximum absolute atomic E-state index is 12.7. The van der Waals surface area contributed by atoms with E-state index in [0.29, 0.717) is 11.7 Å². The Morgan fingerprint density at radius 2 is 2.00 bits per heavy atom. The van der Waals surface area contributed by atoms with Crippen LogP contribution in [-0.4, -0.2) is 30.9 Å². The van der Waals surface area contributed by atoms with Gasteiger partial charge in [0.2, 0.25) is 5.91 Å². The summed E-state index contributed by atoms with van der Waals surface area (Å²) in [4.78, 5) is 16.8. The topological polar surface area (TPSA) is 72.7 Å². The van der Waals surface area contributed by atoms with E-state index >= 15 is 0 Å². The number of hydrogen-bond acceptors (Lipinski definition) is 5. The second kappa shape index (κ2) is 8.84. The van der Waals surface area contributed by atoms with E-state index in [9.17, 15) is 4.79 Å². The molecule has 0 aliphatic heterocycles. The van der Waals surface area contributed by atoms with Crippen LogP contribution in [0.25, 0.3) is 11.4 Å². The lowest BCUT2D eigenvalue weighted by Gasteiger charge is -2.14. The van der Waals surface area contributed by atoms with Gasteiger partial charge in [0.1, 0.15) is 0 Å². The minimum absolute atomic E-state index is 0.0719. The molecule has 0 bridgehead atoms. The third-order valence-corrected chi connectivity index (χ3v) is 5.35. The van der Waals surface area contributed by atoms with E-state index in [0.717, 1.165) is 28.2 Å². The van der Waals surface area contributed by atoms with Gasteiger partial charge in [-0.2, -0.15) is 0 Å². The number of nitrogens with zero attached hydrogens (tertiary/aromatic N) is 4. The zero-order chi connectivity index (χ0) is 20.1. The van der Waals surface area contributed by atoms with Gasteiger partial charge in [0.25, 0.3) is 0 Å². The van der Waals surface area contributed by atoms with Crippen molar-refractivity contribution >= 4 is 23.4 Å². The molecule has 0 fully saturated rings. The molecule has 0 saturated carbocycles. The number of benzene rings is 1. The Balaban J connectivity index is 1.79. The van der Waals surface area contributed by atoms with Gasteiger partial charge in [-0.1, -0.05) is 30.0 Å². The van der Waals surface area contributed by atoms with Crippen LogP contribution in [0.1, 0.15) is 18.1 Å². The number of aromatic nitrogens is 4. The van der Waals surface area contributed by atoms with Crippen LogP contribution >= 0.6 is 11.8 Å². The third kappa shape index (κ3) is 4.48. The first-order valence-corrected chi connectivity index (χ1v) is 9.87. The van der Waals surface area contributed by atoms with E-state index in [4.69, 9.17) is 0 Å². The van der Waals surface area contributed by atoms with Crippen molar-refractivity contribution in [1.29, 1.82) is 0 Å². The number of amides is 1. The zero-order valence-electron chi connectivity index (χ0n) is 16.2. The standard InChI is InChI=1S/C21H23N5OS/c1-5-12-26-19(17-8-10-22-11-9-17)24-25-21(26)28-16(4)20(27)23-18-13-14(2)6-7-15(18)3/h5-11,13,16H,1,12H2,2-4H3,(H,23,27). The van der Waals surface area contributed by atoms with E-state index in [2.05, 4.69) is 27.1 Å². The highest BCUT2D eigenvalue weighted by molar-refractivity contribution is 8.00. The van der Waals surface area contributed by atoms with Gasteiger partial charge in [0, 0.05) is 30.2 Å². The van der Waals surface area contributed by atoms with Crippen LogP contribution < -0.4 is 5.32 Å². The van der Waals surface area contributed by atoms with Gasteiger partial charge in [-0.3, -0.25) is 14.3 Å². The largest absolute Gasteiger partial charge is 0.325 e. The molecule has 0 aliphatic carbocycles. The van der Waals surface area contributed by atoms with Crippen molar-refractivity contribution in [3.8, 4) is 11.4 Å². The molecule has 7 heteroatoms. The summed E-state index contributed by atoms with van der Waals surface area (Å²) < 4.78 is 1.95. The Morgan fingerprint density at radius 3 is 2.71 bits per heavy atom. The summed E-state index contributed by atoms with van der Waals surface area (Å²) in [6.45, 7) is 10.2. The molecule has 144 valence electrons. The first-order chi connectivity index (χ1) is 13.5. The van der Waals surface area contributed by atoms with Crippen LogP contribution in [0, 0.1) is 13.8 Å². The van der Waals surface area contributed by atoms with Crippen molar-refractivity contribution in [2.75, 3.05) is 5.32 Å². The molecule has 1 aromatic carbocycles. The van der Waals surface area contributed by atoms with E-state index in [1.54, 1.807) is 18.5 Å². The minimum Gasteiger partial charge on any atom is -0.325 e. The van der Waals surface area contributed by atoms with Gasteiger partial charge in [-0.25, -0.2) is 0 Å². The third-order valence-electron chi connectivity index (χ3n) is 4.27. The molecular formula is C21H23N5OS.